The summed E-state index contributed by atoms with van der Waals surface area (Å²) in [6, 6.07) is 0. The highest BCUT2D eigenvalue weighted by atomic mass is 16.6. The molecule has 8 heavy (non-hydrogen) atoms. The van der Waals surface area contributed by atoms with Crippen molar-refractivity contribution >= 4 is 5.97 Å². The molecule has 0 radical (unpaired) electrons. The number of ether oxygens (including phenoxy) is 1. The van der Waals surface area contributed by atoms with Gasteiger partial charge in [0.1, 0.15) is 0 Å². The summed E-state index contributed by atoms with van der Waals surface area (Å²) in [5, 5.41) is 8.04. The van der Waals surface area contributed by atoms with E-state index < -0.39 is 6.79 Å². The molecule has 48 valence electrons. The first-order valence-corrected chi connectivity index (χ1v) is 2.46. The molecule has 0 spiro atoms. The quantitative estimate of drug-likeness (QED) is 0.414. The number of rotatable bonds is 2. The highest BCUT2D eigenvalue weighted by Crippen LogP contribution is 1.93. The first-order chi connectivity index (χ1) is 3.68. The van der Waals surface area contributed by atoms with E-state index in [1.54, 1.807) is 13.8 Å². The van der Waals surface area contributed by atoms with Gasteiger partial charge in [0.05, 0.1) is 5.92 Å². The normalized spacial score (nSPS) is 9.50. The molecule has 0 aromatic carbocycles. The number of aliphatic hydroxyl groups excluding tert-OH is 1. The molecule has 0 aliphatic rings. The summed E-state index contributed by atoms with van der Waals surface area (Å²) in [6.07, 6.45) is 0. The molecule has 0 aromatic rings. The van der Waals surface area contributed by atoms with E-state index >= 15 is 0 Å². The second-order valence-electron chi connectivity index (χ2n) is 1.75. The van der Waals surface area contributed by atoms with Crippen LogP contribution in [0.4, 0.5) is 0 Å². The highest BCUT2D eigenvalue weighted by Gasteiger charge is 2.05. The molecule has 0 aliphatic heterocycles. The minimum atomic E-state index is -0.517. The van der Waals surface area contributed by atoms with Gasteiger partial charge in [0.2, 0.25) is 0 Å². The zero-order valence-corrected chi connectivity index (χ0v) is 5.05. The van der Waals surface area contributed by atoms with Gasteiger partial charge in [-0.1, -0.05) is 13.8 Å². The third-order valence-corrected chi connectivity index (χ3v) is 0.678. The van der Waals surface area contributed by atoms with Gasteiger partial charge < -0.3 is 9.84 Å². The van der Waals surface area contributed by atoms with Gasteiger partial charge in [-0.3, -0.25) is 4.79 Å². The van der Waals surface area contributed by atoms with Crippen molar-refractivity contribution in [3.63, 3.8) is 0 Å². The van der Waals surface area contributed by atoms with Gasteiger partial charge in [-0.2, -0.15) is 0 Å². The molecule has 0 aliphatic carbocycles. The number of carbonyl (C=O) groups is 1. The maximum absolute atomic E-state index is 10.4. The van der Waals surface area contributed by atoms with Crippen molar-refractivity contribution in [3.05, 3.63) is 0 Å². The standard InChI is InChI=1S/C5H10O3/c1-4(2)5(7)8-3-6/h4,6H,3H2,1-2H3. The number of hydrogen-bond acceptors (Lipinski definition) is 3. The zero-order valence-electron chi connectivity index (χ0n) is 5.05. The van der Waals surface area contributed by atoms with E-state index in [-0.39, 0.29) is 11.9 Å². The monoisotopic (exact) mass is 118 g/mol. The number of carbonyl (C=O) groups excluding carboxylic acids is 1. The fourth-order valence-electron chi connectivity index (χ4n) is 0.230. The summed E-state index contributed by atoms with van der Waals surface area (Å²) in [7, 11) is 0. The molecule has 3 heteroatoms. The van der Waals surface area contributed by atoms with E-state index in [4.69, 9.17) is 5.11 Å². The number of esters is 1. The van der Waals surface area contributed by atoms with E-state index in [0.29, 0.717) is 0 Å². The molecule has 0 saturated carbocycles. The van der Waals surface area contributed by atoms with Crippen molar-refractivity contribution in [1.82, 2.24) is 0 Å². The van der Waals surface area contributed by atoms with Crippen molar-refractivity contribution in [3.8, 4) is 0 Å². The van der Waals surface area contributed by atoms with E-state index in [1.165, 1.54) is 0 Å². The Labute approximate surface area is 48.3 Å². The first kappa shape index (κ1) is 7.43. The third-order valence-electron chi connectivity index (χ3n) is 0.678. The lowest BCUT2D eigenvalue weighted by Gasteiger charge is -2.01. The molecule has 0 bridgehead atoms. The minimum absolute atomic E-state index is 0.151. The van der Waals surface area contributed by atoms with Crippen LogP contribution in [0.25, 0.3) is 0 Å². The Bertz CT molecular complexity index is 77.7. The van der Waals surface area contributed by atoms with E-state index in [2.05, 4.69) is 4.74 Å². The second kappa shape index (κ2) is 3.43. The topological polar surface area (TPSA) is 46.5 Å². The van der Waals surface area contributed by atoms with E-state index in [9.17, 15) is 4.79 Å². The SMILES string of the molecule is CC(C)C(=O)OCO. The Morgan fingerprint density at radius 1 is 1.75 bits per heavy atom. The molecule has 0 rings (SSSR count). The van der Waals surface area contributed by atoms with E-state index in [0.717, 1.165) is 0 Å². The van der Waals surface area contributed by atoms with Gasteiger partial charge in [-0.15, -0.1) is 0 Å². The molecule has 0 amide bonds. The Hall–Kier alpha value is -0.570. The van der Waals surface area contributed by atoms with Gasteiger partial charge in [-0.25, -0.2) is 0 Å². The molecule has 0 heterocycles. The Kier molecular flexibility index (Phi) is 3.19. The van der Waals surface area contributed by atoms with Crippen molar-refractivity contribution in [2.24, 2.45) is 5.92 Å². The van der Waals surface area contributed by atoms with Crippen LogP contribution in [0.1, 0.15) is 13.8 Å². The Morgan fingerprint density at radius 3 is 2.38 bits per heavy atom. The van der Waals surface area contributed by atoms with Crippen molar-refractivity contribution < 1.29 is 14.6 Å². The zero-order chi connectivity index (χ0) is 6.57. The van der Waals surface area contributed by atoms with Crippen molar-refractivity contribution in [1.29, 1.82) is 0 Å². The molecular formula is C5H10O3. The fourth-order valence-corrected chi connectivity index (χ4v) is 0.230. The highest BCUT2D eigenvalue weighted by molar-refractivity contribution is 5.71. The minimum Gasteiger partial charge on any atom is -0.438 e. The summed E-state index contributed by atoms with van der Waals surface area (Å²) in [5.74, 6) is -0.519. The molecule has 3 nitrogen and oxygen atoms in total. The van der Waals surface area contributed by atoms with E-state index in [1.807, 2.05) is 0 Å². The predicted octanol–water partition coefficient (Wildman–Crippen LogP) is 0.135. The van der Waals surface area contributed by atoms with Crippen molar-refractivity contribution in [2.75, 3.05) is 6.79 Å². The Morgan fingerprint density at radius 2 is 2.25 bits per heavy atom. The van der Waals surface area contributed by atoms with Crippen LogP contribution in [0.5, 0.6) is 0 Å². The number of aliphatic hydroxyl groups is 1. The van der Waals surface area contributed by atoms with Gasteiger partial charge in [0, 0.05) is 0 Å². The maximum Gasteiger partial charge on any atom is 0.310 e. The molecule has 0 saturated heterocycles. The summed E-state index contributed by atoms with van der Waals surface area (Å²) >= 11 is 0. The largest absolute Gasteiger partial charge is 0.438 e. The smallest absolute Gasteiger partial charge is 0.310 e. The average molecular weight is 118 g/mol. The second-order valence-corrected chi connectivity index (χ2v) is 1.75. The predicted molar refractivity (Wildman–Crippen MR) is 28.0 cm³/mol. The molecule has 0 atom stereocenters. The Balaban J connectivity index is 3.33. The van der Waals surface area contributed by atoms with Crippen LogP contribution < -0.4 is 0 Å². The molecule has 1 N–H and O–H groups in total. The lowest BCUT2D eigenvalue weighted by molar-refractivity contribution is -0.155. The van der Waals surface area contributed by atoms with Crippen LogP contribution in [0.3, 0.4) is 0 Å². The van der Waals surface area contributed by atoms with Crippen LogP contribution in [0.15, 0.2) is 0 Å². The van der Waals surface area contributed by atoms with Crippen LogP contribution >= 0.6 is 0 Å². The lowest BCUT2D eigenvalue weighted by atomic mass is 10.2. The average Bonchev–Trinajstić information content (AvgIpc) is 1.67. The maximum atomic E-state index is 10.4. The summed E-state index contributed by atoms with van der Waals surface area (Å²) < 4.78 is 4.22. The van der Waals surface area contributed by atoms with Crippen LogP contribution in [0, 0.1) is 5.92 Å². The number of hydrogen-bond donors (Lipinski definition) is 1. The van der Waals surface area contributed by atoms with Crippen LogP contribution in [-0.2, 0) is 9.53 Å². The lowest BCUT2D eigenvalue weighted by Crippen LogP contribution is -2.11. The van der Waals surface area contributed by atoms with Gasteiger partial charge in [0.25, 0.3) is 0 Å². The summed E-state index contributed by atoms with van der Waals surface area (Å²) in [6.45, 7) is 2.90. The van der Waals surface area contributed by atoms with Crippen LogP contribution in [-0.4, -0.2) is 17.9 Å². The molecule has 0 unspecified atom stereocenters. The molecule has 0 aromatic heterocycles. The van der Waals surface area contributed by atoms with Gasteiger partial charge >= 0.3 is 5.97 Å². The van der Waals surface area contributed by atoms with Crippen molar-refractivity contribution in [2.45, 2.75) is 13.8 Å². The molecule has 0 fully saturated rings. The first-order valence-electron chi connectivity index (χ1n) is 2.46. The van der Waals surface area contributed by atoms with Gasteiger partial charge in [-0.05, 0) is 0 Å². The fraction of sp³-hybridized carbons (Fsp3) is 0.800. The van der Waals surface area contributed by atoms with Gasteiger partial charge in [0.15, 0.2) is 6.79 Å². The summed E-state index contributed by atoms with van der Waals surface area (Å²) in [5.41, 5.74) is 0. The molecular weight excluding hydrogens is 108 g/mol. The van der Waals surface area contributed by atoms with Crippen LogP contribution in [0.2, 0.25) is 0 Å². The third kappa shape index (κ3) is 2.58. The summed E-state index contributed by atoms with van der Waals surface area (Å²) in [4.78, 5) is 10.4.